The maximum Gasteiger partial charge on any atom is 0.0945 e. The van der Waals surface area contributed by atoms with Crippen molar-refractivity contribution < 1.29 is 5.11 Å². The molecule has 0 spiro atoms. The number of hydrogen-bond acceptors (Lipinski definition) is 3. The monoisotopic (exact) mass is 183 g/mol. The molecule has 0 radical (unpaired) electrons. The topological polar surface area (TPSA) is 50.1 Å². The molecule has 1 unspecified atom stereocenters. The molecule has 1 atom stereocenters. The Morgan fingerprint density at radius 2 is 2.46 bits per heavy atom. The minimum absolute atomic E-state index is 0.189. The van der Waals surface area contributed by atoms with Crippen molar-refractivity contribution in [3.05, 3.63) is 18.2 Å². The molecule has 0 aliphatic rings. The number of nitrogens with one attached hydrogen (secondary N) is 1. The van der Waals surface area contributed by atoms with E-state index >= 15 is 0 Å². The molecule has 1 aromatic heterocycles. The van der Waals surface area contributed by atoms with Crippen molar-refractivity contribution in [2.75, 3.05) is 6.61 Å². The average molecular weight is 183 g/mol. The Hall–Kier alpha value is -0.870. The van der Waals surface area contributed by atoms with E-state index < -0.39 is 0 Å². The summed E-state index contributed by atoms with van der Waals surface area (Å²) in [5.41, 5.74) is 1.13. The molecule has 13 heavy (non-hydrogen) atoms. The van der Waals surface area contributed by atoms with Crippen molar-refractivity contribution in [2.24, 2.45) is 7.05 Å². The average Bonchev–Trinajstić information content (AvgIpc) is 2.54. The third-order valence-electron chi connectivity index (χ3n) is 2.20. The summed E-state index contributed by atoms with van der Waals surface area (Å²) in [6.07, 6.45) is 4.54. The van der Waals surface area contributed by atoms with E-state index in [-0.39, 0.29) is 12.6 Å². The summed E-state index contributed by atoms with van der Waals surface area (Å²) in [5.74, 6) is 0. The van der Waals surface area contributed by atoms with Gasteiger partial charge in [0.1, 0.15) is 0 Å². The normalized spacial score (nSPS) is 13.2. The van der Waals surface area contributed by atoms with Crippen LogP contribution in [0.5, 0.6) is 0 Å². The Bertz CT molecular complexity index is 243. The number of rotatable bonds is 5. The van der Waals surface area contributed by atoms with Crippen molar-refractivity contribution in [1.29, 1.82) is 0 Å². The lowest BCUT2D eigenvalue weighted by molar-refractivity contribution is 0.237. The molecule has 0 aromatic carbocycles. The van der Waals surface area contributed by atoms with E-state index in [1.807, 2.05) is 17.8 Å². The third-order valence-corrected chi connectivity index (χ3v) is 2.20. The SMILES string of the molecule is CCC(CO)NCc1cncn1C. The fourth-order valence-electron chi connectivity index (χ4n) is 1.14. The standard InChI is InChI=1S/C9H17N3O/c1-3-8(6-13)11-5-9-4-10-7-12(9)2/h4,7-8,11,13H,3,5-6H2,1-2H3. The first-order valence-electron chi connectivity index (χ1n) is 4.57. The fourth-order valence-corrected chi connectivity index (χ4v) is 1.14. The predicted octanol–water partition coefficient (Wildman–Crippen LogP) is 0.281. The van der Waals surface area contributed by atoms with Crippen LogP contribution in [-0.4, -0.2) is 27.3 Å². The first-order chi connectivity index (χ1) is 6.27. The summed E-state index contributed by atoms with van der Waals surface area (Å²) >= 11 is 0. The Balaban J connectivity index is 2.38. The molecule has 0 fully saturated rings. The van der Waals surface area contributed by atoms with Gasteiger partial charge >= 0.3 is 0 Å². The summed E-state index contributed by atoms with van der Waals surface area (Å²) in [5, 5.41) is 12.2. The molecule has 2 N–H and O–H groups in total. The van der Waals surface area contributed by atoms with Crippen LogP contribution in [0.1, 0.15) is 19.0 Å². The van der Waals surface area contributed by atoms with Gasteiger partial charge in [-0.15, -0.1) is 0 Å². The highest BCUT2D eigenvalue weighted by Crippen LogP contribution is 1.97. The molecule has 0 saturated carbocycles. The van der Waals surface area contributed by atoms with Crippen molar-refractivity contribution in [2.45, 2.75) is 25.9 Å². The van der Waals surface area contributed by atoms with Crippen molar-refractivity contribution in [3.63, 3.8) is 0 Å². The lowest BCUT2D eigenvalue weighted by Crippen LogP contribution is -2.31. The van der Waals surface area contributed by atoms with Gasteiger partial charge in [0.15, 0.2) is 0 Å². The highest BCUT2D eigenvalue weighted by atomic mass is 16.3. The smallest absolute Gasteiger partial charge is 0.0945 e. The van der Waals surface area contributed by atoms with E-state index in [4.69, 9.17) is 5.11 Å². The quantitative estimate of drug-likeness (QED) is 0.689. The molecule has 0 amide bonds. The summed E-state index contributed by atoms with van der Waals surface area (Å²) in [7, 11) is 1.96. The van der Waals surface area contributed by atoms with Gasteiger partial charge in [-0.05, 0) is 6.42 Å². The minimum Gasteiger partial charge on any atom is -0.395 e. The maximum atomic E-state index is 8.94. The maximum absolute atomic E-state index is 8.94. The van der Waals surface area contributed by atoms with E-state index in [0.717, 1.165) is 18.7 Å². The predicted molar refractivity (Wildman–Crippen MR) is 51.2 cm³/mol. The Morgan fingerprint density at radius 3 is 2.92 bits per heavy atom. The largest absolute Gasteiger partial charge is 0.395 e. The molecule has 1 aromatic rings. The zero-order chi connectivity index (χ0) is 9.68. The van der Waals surface area contributed by atoms with Gasteiger partial charge in [0.25, 0.3) is 0 Å². The number of hydrogen-bond donors (Lipinski definition) is 2. The summed E-state index contributed by atoms with van der Waals surface area (Å²) in [4.78, 5) is 4.01. The highest BCUT2D eigenvalue weighted by molar-refractivity contribution is 4.97. The second-order valence-corrected chi connectivity index (χ2v) is 3.16. The fraction of sp³-hybridized carbons (Fsp3) is 0.667. The first-order valence-corrected chi connectivity index (χ1v) is 4.57. The van der Waals surface area contributed by atoms with E-state index in [9.17, 15) is 0 Å². The Kier molecular flexibility index (Phi) is 3.92. The number of aliphatic hydroxyl groups is 1. The van der Waals surface area contributed by atoms with Gasteiger partial charge in [0.2, 0.25) is 0 Å². The van der Waals surface area contributed by atoms with Gasteiger partial charge in [-0.3, -0.25) is 0 Å². The number of aromatic nitrogens is 2. The zero-order valence-corrected chi connectivity index (χ0v) is 8.20. The molecule has 1 rings (SSSR count). The summed E-state index contributed by atoms with van der Waals surface area (Å²) in [6, 6.07) is 0.190. The molecule has 4 nitrogen and oxygen atoms in total. The number of imidazole rings is 1. The van der Waals surface area contributed by atoms with E-state index in [0.29, 0.717) is 0 Å². The second kappa shape index (κ2) is 4.99. The number of nitrogens with zero attached hydrogens (tertiary/aromatic N) is 2. The highest BCUT2D eigenvalue weighted by Gasteiger charge is 2.04. The minimum atomic E-state index is 0.189. The summed E-state index contributed by atoms with van der Waals surface area (Å²) in [6.45, 7) is 3.00. The molecule has 0 bridgehead atoms. The van der Waals surface area contributed by atoms with Gasteiger partial charge < -0.3 is 15.0 Å². The van der Waals surface area contributed by atoms with E-state index in [1.54, 1.807) is 6.33 Å². The zero-order valence-electron chi connectivity index (χ0n) is 8.20. The number of aryl methyl sites for hydroxylation is 1. The first kappa shape index (κ1) is 10.2. The van der Waals surface area contributed by atoms with Gasteiger partial charge in [-0.25, -0.2) is 4.98 Å². The van der Waals surface area contributed by atoms with E-state index in [1.165, 1.54) is 0 Å². The van der Waals surface area contributed by atoms with Crippen LogP contribution in [0.25, 0.3) is 0 Å². The Morgan fingerprint density at radius 1 is 1.69 bits per heavy atom. The number of aliphatic hydroxyl groups excluding tert-OH is 1. The second-order valence-electron chi connectivity index (χ2n) is 3.16. The van der Waals surface area contributed by atoms with Crippen LogP contribution in [0.2, 0.25) is 0 Å². The molecule has 4 heteroatoms. The summed E-state index contributed by atoms with van der Waals surface area (Å²) < 4.78 is 1.97. The van der Waals surface area contributed by atoms with Gasteiger partial charge in [-0.2, -0.15) is 0 Å². The van der Waals surface area contributed by atoms with Gasteiger partial charge in [-0.1, -0.05) is 6.92 Å². The van der Waals surface area contributed by atoms with Crippen LogP contribution in [0.15, 0.2) is 12.5 Å². The molecule has 1 heterocycles. The van der Waals surface area contributed by atoms with Crippen LogP contribution in [0.3, 0.4) is 0 Å². The van der Waals surface area contributed by atoms with Gasteiger partial charge in [0, 0.05) is 25.8 Å². The lowest BCUT2D eigenvalue weighted by Gasteiger charge is -2.13. The van der Waals surface area contributed by atoms with Crippen LogP contribution in [-0.2, 0) is 13.6 Å². The van der Waals surface area contributed by atoms with Crippen LogP contribution in [0, 0.1) is 0 Å². The Labute approximate surface area is 78.6 Å². The molecule has 74 valence electrons. The van der Waals surface area contributed by atoms with Crippen molar-refractivity contribution in [1.82, 2.24) is 14.9 Å². The van der Waals surface area contributed by atoms with Crippen LogP contribution >= 0.6 is 0 Å². The van der Waals surface area contributed by atoms with Gasteiger partial charge in [0.05, 0.1) is 18.6 Å². The van der Waals surface area contributed by atoms with E-state index in [2.05, 4.69) is 17.2 Å². The van der Waals surface area contributed by atoms with Crippen molar-refractivity contribution in [3.8, 4) is 0 Å². The van der Waals surface area contributed by atoms with Crippen LogP contribution < -0.4 is 5.32 Å². The lowest BCUT2D eigenvalue weighted by atomic mass is 10.2. The molecule has 0 saturated heterocycles. The van der Waals surface area contributed by atoms with Crippen molar-refractivity contribution >= 4 is 0 Å². The molecular weight excluding hydrogens is 166 g/mol. The molecular formula is C9H17N3O. The third kappa shape index (κ3) is 2.82. The van der Waals surface area contributed by atoms with Crippen LogP contribution in [0.4, 0.5) is 0 Å². The molecule has 0 aliphatic carbocycles. The molecule has 0 aliphatic heterocycles.